The summed E-state index contributed by atoms with van der Waals surface area (Å²) in [6.07, 6.45) is -1.25. The molecule has 3 aromatic rings. The van der Waals surface area contributed by atoms with E-state index in [1.54, 1.807) is 12.3 Å². The number of hydrogen-bond acceptors (Lipinski definition) is 3. The average molecular weight is 378 g/mol. The maximum atomic E-state index is 12.9. The number of nitrogens with zero attached hydrogens (tertiary/aromatic N) is 2. The number of halogens is 3. The first-order valence-electron chi connectivity index (χ1n) is 7.85. The SMILES string of the molecule is CN(Cc1ccc(S(C)=O)cc1)c1ccnc2cc(C(F)(F)F)ccc12. The van der Waals surface area contributed by atoms with Gasteiger partial charge in [-0.1, -0.05) is 18.2 Å². The Morgan fingerprint density at radius 3 is 2.38 bits per heavy atom. The van der Waals surface area contributed by atoms with E-state index in [2.05, 4.69) is 4.98 Å². The molecule has 3 nitrogen and oxygen atoms in total. The van der Waals surface area contributed by atoms with Crippen LogP contribution in [0, 0.1) is 0 Å². The van der Waals surface area contributed by atoms with E-state index >= 15 is 0 Å². The van der Waals surface area contributed by atoms with E-state index in [4.69, 9.17) is 0 Å². The quantitative estimate of drug-likeness (QED) is 0.664. The lowest BCUT2D eigenvalue weighted by molar-refractivity contribution is -0.137. The van der Waals surface area contributed by atoms with Gasteiger partial charge in [-0.25, -0.2) is 0 Å². The zero-order chi connectivity index (χ0) is 18.9. The van der Waals surface area contributed by atoms with Gasteiger partial charge in [0.1, 0.15) is 0 Å². The van der Waals surface area contributed by atoms with Gasteiger partial charge in [-0.3, -0.25) is 9.19 Å². The molecule has 7 heteroatoms. The van der Waals surface area contributed by atoms with Gasteiger partial charge in [-0.15, -0.1) is 0 Å². The van der Waals surface area contributed by atoms with Crippen molar-refractivity contribution >= 4 is 27.4 Å². The molecule has 3 rings (SSSR count). The van der Waals surface area contributed by atoms with Crippen LogP contribution in [0.2, 0.25) is 0 Å². The van der Waals surface area contributed by atoms with Crippen molar-refractivity contribution in [2.24, 2.45) is 0 Å². The molecule has 0 aliphatic carbocycles. The van der Waals surface area contributed by atoms with Crippen molar-refractivity contribution < 1.29 is 17.4 Å². The van der Waals surface area contributed by atoms with E-state index in [1.165, 1.54) is 12.3 Å². The molecule has 1 atom stereocenters. The monoisotopic (exact) mass is 378 g/mol. The van der Waals surface area contributed by atoms with E-state index in [9.17, 15) is 17.4 Å². The topological polar surface area (TPSA) is 33.2 Å². The van der Waals surface area contributed by atoms with Gasteiger partial charge in [0.05, 0.1) is 11.1 Å². The van der Waals surface area contributed by atoms with E-state index in [-0.39, 0.29) is 0 Å². The zero-order valence-corrected chi connectivity index (χ0v) is 15.1. The van der Waals surface area contributed by atoms with E-state index in [1.807, 2.05) is 36.2 Å². The van der Waals surface area contributed by atoms with Crippen molar-refractivity contribution in [1.29, 1.82) is 0 Å². The Morgan fingerprint density at radius 2 is 1.77 bits per heavy atom. The minimum Gasteiger partial charge on any atom is -0.370 e. The van der Waals surface area contributed by atoms with Gasteiger partial charge < -0.3 is 4.90 Å². The highest BCUT2D eigenvalue weighted by Gasteiger charge is 2.30. The van der Waals surface area contributed by atoms with Gasteiger partial charge >= 0.3 is 6.18 Å². The second-order valence-electron chi connectivity index (χ2n) is 6.01. The molecule has 0 fully saturated rings. The van der Waals surface area contributed by atoms with Crippen LogP contribution in [-0.2, 0) is 23.5 Å². The first-order valence-corrected chi connectivity index (χ1v) is 9.41. The fourth-order valence-electron chi connectivity index (χ4n) is 2.79. The minimum absolute atomic E-state index is 0.306. The summed E-state index contributed by atoms with van der Waals surface area (Å²) in [5.74, 6) is 0. The summed E-state index contributed by atoms with van der Waals surface area (Å²) in [7, 11) is 0.845. The first-order chi connectivity index (χ1) is 12.3. The summed E-state index contributed by atoms with van der Waals surface area (Å²) in [6.45, 7) is 0.566. The Hall–Kier alpha value is -2.41. The second kappa shape index (κ2) is 7.07. The standard InChI is InChI=1S/C19H17F3N2OS/c1-24(12-13-3-6-15(7-4-13)26(2)25)18-9-10-23-17-11-14(19(20,21)22)5-8-16(17)18/h3-11H,12H2,1-2H3. The summed E-state index contributed by atoms with van der Waals surface area (Å²) >= 11 is 0. The maximum Gasteiger partial charge on any atom is 0.416 e. The molecule has 2 aromatic carbocycles. The summed E-state index contributed by atoms with van der Waals surface area (Å²) in [4.78, 5) is 6.78. The van der Waals surface area contributed by atoms with Crippen LogP contribution in [0.3, 0.4) is 0 Å². The molecule has 0 N–H and O–H groups in total. The third-order valence-electron chi connectivity index (χ3n) is 4.13. The molecule has 1 aromatic heterocycles. The van der Waals surface area contributed by atoms with Crippen LogP contribution in [0.1, 0.15) is 11.1 Å². The number of rotatable bonds is 4. The van der Waals surface area contributed by atoms with E-state index < -0.39 is 22.5 Å². The Bertz CT molecular complexity index is 955. The largest absolute Gasteiger partial charge is 0.416 e. The van der Waals surface area contributed by atoms with Crippen LogP contribution >= 0.6 is 0 Å². The highest BCUT2D eigenvalue weighted by Crippen LogP contribution is 2.33. The normalized spacial score (nSPS) is 13.0. The van der Waals surface area contributed by atoms with Crippen LogP contribution in [0.25, 0.3) is 10.9 Å². The lowest BCUT2D eigenvalue weighted by Crippen LogP contribution is -2.17. The van der Waals surface area contributed by atoms with Gasteiger partial charge in [0.25, 0.3) is 0 Å². The Labute approximate surface area is 151 Å². The molecule has 1 heterocycles. The van der Waals surface area contributed by atoms with Gasteiger partial charge in [-0.05, 0) is 35.9 Å². The minimum atomic E-state index is -4.39. The molecule has 26 heavy (non-hydrogen) atoms. The highest BCUT2D eigenvalue weighted by atomic mass is 32.2. The summed E-state index contributed by atoms with van der Waals surface area (Å²) in [5.41, 5.74) is 1.41. The van der Waals surface area contributed by atoms with Crippen LogP contribution in [0.4, 0.5) is 18.9 Å². The van der Waals surface area contributed by atoms with Crippen molar-refractivity contribution in [3.8, 4) is 0 Å². The maximum absolute atomic E-state index is 12.9. The Kier molecular flexibility index (Phi) is 5.00. The molecule has 0 aliphatic rings. The molecule has 1 unspecified atom stereocenters. The number of alkyl halides is 3. The first kappa shape index (κ1) is 18.4. The van der Waals surface area contributed by atoms with Crippen molar-refractivity contribution in [2.45, 2.75) is 17.6 Å². The van der Waals surface area contributed by atoms with Gasteiger partial charge in [-0.2, -0.15) is 13.2 Å². The number of fused-ring (bicyclic) bond motifs is 1. The molecule has 0 amide bonds. The van der Waals surface area contributed by atoms with Crippen LogP contribution < -0.4 is 4.90 Å². The molecule has 0 aliphatic heterocycles. The van der Waals surface area contributed by atoms with Crippen LogP contribution in [0.5, 0.6) is 0 Å². The highest BCUT2D eigenvalue weighted by molar-refractivity contribution is 7.84. The lowest BCUT2D eigenvalue weighted by Gasteiger charge is -2.21. The van der Waals surface area contributed by atoms with Gasteiger partial charge in [0.15, 0.2) is 0 Å². The fraction of sp³-hybridized carbons (Fsp3) is 0.211. The third kappa shape index (κ3) is 3.88. The van der Waals surface area contributed by atoms with Crippen molar-refractivity contribution in [3.63, 3.8) is 0 Å². The molecule has 0 radical (unpaired) electrons. The van der Waals surface area contributed by atoms with Crippen molar-refractivity contribution in [2.75, 3.05) is 18.2 Å². The van der Waals surface area contributed by atoms with Crippen LogP contribution in [-0.4, -0.2) is 22.5 Å². The summed E-state index contributed by atoms with van der Waals surface area (Å²) in [5, 5.41) is 0.661. The number of hydrogen-bond donors (Lipinski definition) is 0. The number of aromatic nitrogens is 1. The third-order valence-corrected chi connectivity index (χ3v) is 5.07. The molecule has 136 valence electrons. The number of pyridine rings is 1. The Balaban J connectivity index is 1.90. The lowest BCUT2D eigenvalue weighted by atomic mass is 10.1. The summed E-state index contributed by atoms with van der Waals surface area (Å²) in [6, 6.07) is 12.8. The molecular weight excluding hydrogens is 361 g/mol. The molecule has 0 saturated heterocycles. The number of anilines is 1. The predicted octanol–water partition coefficient (Wildman–Crippen LogP) is 4.63. The van der Waals surface area contributed by atoms with Gasteiger partial charge in [0, 0.05) is 52.8 Å². The molecule has 0 saturated carbocycles. The fourth-order valence-corrected chi connectivity index (χ4v) is 3.31. The predicted molar refractivity (Wildman–Crippen MR) is 97.6 cm³/mol. The van der Waals surface area contributed by atoms with Gasteiger partial charge in [0.2, 0.25) is 0 Å². The van der Waals surface area contributed by atoms with Crippen LogP contribution in [0.15, 0.2) is 59.6 Å². The van der Waals surface area contributed by atoms with E-state index in [0.29, 0.717) is 17.4 Å². The molecular formula is C19H17F3N2OS. The molecule has 0 bridgehead atoms. The average Bonchev–Trinajstić information content (AvgIpc) is 2.60. The summed E-state index contributed by atoms with van der Waals surface area (Å²) < 4.78 is 50.1. The smallest absolute Gasteiger partial charge is 0.370 e. The van der Waals surface area contributed by atoms with Crippen molar-refractivity contribution in [1.82, 2.24) is 4.98 Å². The molecule has 0 spiro atoms. The second-order valence-corrected chi connectivity index (χ2v) is 7.39. The van der Waals surface area contributed by atoms with Crippen molar-refractivity contribution in [3.05, 3.63) is 65.9 Å². The van der Waals surface area contributed by atoms with E-state index in [0.717, 1.165) is 28.3 Å². The zero-order valence-electron chi connectivity index (χ0n) is 14.2. The number of benzene rings is 2. The Morgan fingerprint density at radius 1 is 1.08 bits per heavy atom.